The zero-order valence-corrected chi connectivity index (χ0v) is 22.5. The molecule has 8 heteroatoms. The van der Waals surface area contributed by atoms with Crippen molar-refractivity contribution >= 4 is 11.8 Å². The molecule has 2 heterocycles. The lowest BCUT2D eigenvalue weighted by atomic mass is 10.0. The molecule has 0 atom stereocenters. The minimum absolute atomic E-state index is 0.126. The number of hydrogen-bond donors (Lipinski definition) is 0. The van der Waals surface area contributed by atoms with E-state index in [0.717, 1.165) is 27.6 Å². The Morgan fingerprint density at radius 2 is 1.18 bits per heavy atom. The van der Waals surface area contributed by atoms with E-state index in [1.807, 2.05) is 102 Å². The molecule has 0 amide bonds. The monoisotopic (exact) mass is 542 g/mol. The van der Waals surface area contributed by atoms with Crippen LogP contribution in [0.4, 0.5) is 0 Å². The molecule has 6 rings (SSSR count). The van der Waals surface area contributed by atoms with Gasteiger partial charge >= 0.3 is 6.01 Å². The van der Waals surface area contributed by atoms with Crippen LogP contribution >= 0.6 is 11.8 Å². The van der Waals surface area contributed by atoms with E-state index in [2.05, 4.69) is 34.5 Å². The van der Waals surface area contributed by atoms with Gasteiger partial charge in [0.25, 0.3) is 0 Å². The summed E-state index contributed by atoms with van der Waals surface area (Å²) in [7, 11) is 0. The molecule has 0 saturated heterocycles. The summed E-state index contributed by atoms with van der Waals surface area (Å²) in [4.78, 5) is 9.54. The molecule has 0 fully saturated rings. The summed E-state index contributed by atoms with van der Waals surface area (Å²) in [5.74, 6) is 1.35. The van der Waals surface area contributed by atoms with Crippen LogP contribution in [0.1, 0.15) is 17.0 Å². The third-order valence-electron chi connectivity index (χ3n) is 6.16. The summed E-state index contributed by atoms with van der Waals surface area (Å²) in [6, 6.07) is 40.6. The van der Waals surface area contributed by atoms with Crippen molar-refractivity contribution in [1.29, 1.82) is 0 Å². The minimum atomic E-state index is 0.126. The Morgan fingerprint density at radius 1 is 0.600 bits per heavy atom. The van der Waals surface area contributed by atoms with Gasteiger partial charge in [-0.25, -0.2) is 9.67 Å². The molecule has 0 aliphatic rings. The number of aromatic nitrogens is 6. The second-order valence-corrected chi connectivity index (χ2v) is 9.98. The van der Waals surface area contributed by atoms with Crippen LogP contribution in [0.5, 0.6) is 6.01 Å². The maximum absolute atomic E-state index is 5.99. The number of hydrogen-bond acceptors (Lipinski definition) is 7. The van der Waals surface area contributed by atoms with E-state index in [0.29, 0.717) is 23.8 Å². The molecule has 7 nitrogen and oxygen atoms in total. The second-order valence-electron chi connectivity index (χ2n) is 9.04. The molecular formula is C32H26N6OS. The lowest BCUT2D eigenvalue weighted by molar-refractivity contribution is 0.267. The van der Waals surface area contributed by atoms with Crippen molar-refractivity contribution < 1.29 is 4.74 Å². The first kappa shape index (κ1) is 25.5. The Hall–Kier alpha value is -4.82. The summed E-state index contributed by atoms with van der Waals surface area (Å²) in [6.07, 6.45) is 0. The van der Waals surface area contributed by atoms with Crippen LogP contribution in [-0.4, -0.2) is 29.9 Å². The fourth-order valence-corrected chi connectivity index (χ4v) is 5.12. The molecule has 0 saturated carbocycles. The lowest BCUT2D eigenvalue weighted by Crippen LogP contribution is -2.06. The maximum Gasteiger partial charge on any atom is 0.336 e. The van der Waals surface area contributed by atoms with Crippen molar-refractivity contribution in [3.63, 3.8) is 0 Å². The van der Waals surface area contributed by atoms with E-state index in [1.165, 1.54) is 5.56 Å². The van der Waals surface area contributed by atoms with E-state index in [4.69, 9.17) is 19.8 Å². The smallest absolute Gasteiger partial charge is 0.336 e. The molecule has 0 N–H and O–H groups in total. The number of thioether (sulfide) groups is 1. The molecular weight excluding hydrogens is 516 g/mol. The van der Waals surface area contributed by atoms with Gasteiger partial charge in [0.05, 0.1) is 6.54 Å². The van der Waals surface area contributed by atoms with Crippen LogP contribution < -0.4 is 4.74 Å². The van der Waals surface area contributed by atoms with Crippen molar-refractivity contribution in [3.05, 3.63) is 138 Å². The lowest BCUT2D eigenvalue weighted by Gasteiger charge is -2.09. The first-order chi connectivity index (χ1) is 19.8. The normalized spacial score (nSPS) is 10.9. The van der Waals surface area contributed by atoms with E-state index in [9.17, 15) is 0 Å². The molecule has 0 aliphatic carbocycles. The predicted octanol–water partition coefficient (Wildman–Crippen LogP) is 6.72. The van der Waals surface area contributed by atoms with Crippen molar-refractivity contribution in [2.24, 2.45) is 0 Å². The Balaban J connectivity index is 1.24. The van der Waals surface area contributed by atoms with Gasteiger partial charge in [-0.3, -0.25) is 0 Å². The standard InChI is InChI=1S/C32H26N6OS/c1-5-13-24(14-6-1)21-38-32(40-23-25-15-7-2-8-16-25)33-28(37-38)22-39-31-34-29(26-17-9-3-10-18-26)30(35-36-31)27-19-11-4-12-20-27/h1-20H,21-23H2. The largest absolute Gasteiger partial charge is 0.454 e. The quantitative estimate of drug-likeness (QED) is 0.178. The first-order valence-corrected chi connectivity index (χ1v) is 13.9. The summed E-state index contributed by atoms with van der Waals surface area (Å²) < 4.78 is 7.92. The van der Waals surface area contributed by atoms with E-state index in [-0.39, 0.29) is 12.6 Å². The molecule has 0 spiro atoms. The molecule has 0 bridgehead atoms. The van der Waals surface area contributed by atoms with E-state index >= 15 is 0 Å². The topological polar surface area (TPSA) is 78.6 Å². The maximum atomic E-state index is 5.99. The number of nitrogens with zero attached hydrogens (tertiary/aromatic N) is 6. The summed E-state index contributed by atoms with van der Waals surface area (Å²) in [5.41, 5.74) is 5.66. The number of benzene rings is 4. The van der Waals surface area contributed by atoms with Gasteiger partial charge < -0.3 is 4.74 Å². The van der Waals surface area contributed by atoms with Gasteiger partial charge in [-0.1, -0.05) is 138 Å². The van der Waals surface area contributed by atoms with Gasteiger partial charge in [-0.2, -0.15) is 10.1 Å². The van der Waals surface area contributed by atoms with Crippen LogP contribution in [0.2, 0.25) is 0 Å². The van der Waals surface area contributed by atoms with E-state index < -0.39 is 0 Å². The molecule has 2 aromatic heterocycles. The Labute approximate surface area is 237 Å². The zero-order valence-electron chi connectivity index (χ0n) is 21.7. The fraction of sp³-hybridized carbons (Fsp3) is 0.0938. The third kappa shape index (κ3) is 6.24. The molecule has 40 heavy (non-hydrogen) atoms. The number of ether oxygens (including phenoxy) is 1. The Morgan fingerprint density at radius 3 is 1.82 bits per heavy atom. The van der Waals surface area contributed by atoms with Crippen LogP contribution in [-0.2, 0) is 18.9 Å². The third-order valence-corrected chi connectivity index (χ3v) is 7.20. The van der Waals surface area contributed by atoms with Crippen LogP contribution in [0.25, 0.3) is 22.5 Å². The van der Waals surface area contributed by atoms with Gasteiger partial charge in [0, 0.05) is 16.9 Å². The summed E-state index contributed by atoms with van der Waals surface area (Å²) in [6.45, 7) is 0.744. The van der Waals surface area contributed by atoms with Gasteiger partial charge in [-0.05, 0) is 11.1 Å². The van der Waals surface area contributed by atoms with Gasteiger partial charge in [0.1, 0.15) is 11.4 Å². The number of rotatable bonds is 10. The van der Waals surface area contributed by atoms with Crippen molar-refractivity contribution in [2.75, 3.05) is 0 Å². The average molecular weight is 543 g/mol. The van der Waals surface area contributed by atoms with Crippen LogP contribution in [0, 0.1) is 0 Å². The molecule has 6 aromatic rings. The average Bonchev–Trinajstić information content (AvgIpc) is 3.42. The van der Waals surface area contributed by atoms with Crippen molar-refractivity contribution in [3.8, 4) is 28.5 Å². The Bertz CT molecular complexity index is 1660. The first-order valence-electron chi connectivity index (χ1n) is 12.9. The Kier molecular flexibility index (Phi) is 7.87. The zero-order chi connectivity index (χ0) is 27.0. The van der Waals surface area contributed by atoms with Crippen molar-refractivity contribution in [1.82, 2.24) is 29.9 Å². The van der Waals surface area contributed by atoms with Gasteiger partial charge in [0.2, 0.25) is 0 Å². The summed E-state index contributed by atoms with van der Waals surface area (Å²) >= 11 is 1.65. The van der Waals surface area contributed by atoms with E-state index in [1.54, 1.807) is 11.8 Å². The molecule has 196 valence electrons. The highest BCUT2D eigenvalue weighted by molar-refractivity contribution is 7.98. The molecule has 0 radical (unpaired) electrons. The predicted molar refractivity (Wildman–Crippen MR) is 157 cm³/mol. The minimum Gasteiger partial charge on any atom is -0.454 e. The second kappa shape index (κ2) is 12.4. The summed E-state index contributed by atoms with van der Waals surface area (Å²) in [5, 5.41) is 14.4. The van der Waals surface area contributed by atoms with Crippen LogP contribution in [0.15, 0.2) is 126 Å². The van der Waals surface area contributed by atoms with Gasteiger partial charge in [0.15, 0.2) is 17.6 Å². The van der Waals surface area contributed by atoms with Gasteiger partial charge in [-0.15, -0.1) is 5.10 Å². The SMILES string of the molecule is c1ccc(CSc2nc(COc3nnc(-c4ccccc4)c(-c4ccccc4)n3)nn2Cc2ccccc2)cc1. The highest BCUT2D eigenvalue weighted by atomic mass is 32.2. The molecule has 4 aromatic carbocycles. The van der Waals surface area contributed by atoms with Crippen molar-refractivity contribution in [2.45, 2.75) is 24.1 Å². The highest BCUT2D eigenvalue weighted by Crippen LogP contribution is 2.29. The molecule has 0 aliphatic heterocycles. The molecule has 0 unspecified atom stereocenters. The fourth-order valence-electron chi connectivity index (χ4n) is 4.21. The van der Waals surface area contributed by atoms with Crippen LogP contribution in [0.3, 0.4) is 0 Å². The highest BCUT2D eigenvalue weighted by Gasteiger charge is 2.16.